The van der Waals surface area contributed by atoms with Crippen LogP contribution in [0.15, 0.2) is 65.7 Å². The van der Waals surface area contributed by atoms with E-state index in [0.29, 0.717) is 25.8 Å². The molecular weight excluding hydrogens is 468 g/mol. The number of Topliss-reactive ketones (excluding diaryl/α,β-unsaturated/α-hetero) is 1. The summed E-state index contributed by atoms with van der Waals surface area (Å²) in [6.07, 6.45) is 1.31. The number of nitrogens with one attached hydrogen (secondary N) is 2. The van der Waals surface area contributed by atoms with Crippen LogP contribution in [-0.4, -0.2) is 54.1 Å². The molecule has 3 atom stereocenters. The van der Waals surface area contributed by atoms with E-state index in [1.54, 1.807) is 0 Å². The van der Waals surface area contributed by atoms with Crippen molar-refractivity contribution in [2.45, 2.75) is 43.8 Å². The molecule has 35 heavy (non-hydrogen) atoms. The van der Waals surface area contributed by atoms with Gasteiger partial charge in [-0.15, -0.1) is 11.6 Å². The third kappa shape index (κ3) is 10.2. The quantitative estimate of drug-likeness (QED) is 0.110. The molecule has 0 aromatic heterocycles. The second-order valence-corrected chi connectivity index (χ2v) is 8.42. The summed E-state index contributed by atoms with van der Waals surface area (Å²) >= 11 is 5.75. The van der Waals surface area contributed by atoms with E-state index in [2.05, 4.69) is 15.6 Å². The molecule has 188 valence electrons. The number of carbonyl (C=O) groups is 3. The Morgan fingerprint density at radius 2 is 1.37 bits per heavy atom. The highest BCUT2D eigenvalue weighted by Gasteiger charge is 2.28. The largest absolute Gasteiger partial charge is 0.370 e. The Balaban J connectivity index is 2.11. The van der Waals surface area contributed by atoms with Gasteiger partial charge in [0.25, 0.3) is 0 Å². The molecule has 0 saturated carbocycles. The molecule has 2 rings (SSSR count). The standard InChI is InChI=1S/C25H33ClN6O3/c26-16-22(33)20(12-7-13-30-25(28)29)31-24(35)21(15-18-10-5-2-6-11-18)32-23(34)19(27)14-17-8-3-1-4-9-17/h1-6,8-11,19-21H,7,12-16,27H2,(H,31,35)(H,32,34)(H4,28,29,30)/t19-,20+,21+/m0/s1. The Bertz CT molecular complexity index is 983. The van der Waals surface area contributed by atoms with Gasteiger partial charge >= 0.3 is 0 Å². The van der Waals surface area contributed by atoms with Gasteiger partial charge in [0.05, 0.1) is 18.0 Å². The summed E-state index contributed by atoms with van der Waals surface area (Å²) in [5.41, 5.74) is 18.5. The van der Waals surface area contributed by atoms with Crippen molar-refractivity contribution in [2.24, 2.45) is 22.2 Å². The maximum absolute atomic E-state index is 13.2. The van der Waals surface area contributed by atoms with Gasteiger partial charge in [-0.05, 0) is 30.4 Å². The van der Waals surface area contributed by atoms with Crippen LogP contribution in [0, 0.1) is 0 Å². The first-order chi connectivity index (χ1) is 16.8. The van der Waals surface area contributed by atoms with Crippen LogP contribution in [0.4, 0.5) is 0 Å². The van der Waals surface area contributed by atoms with Gasteiger partial charge < -0.3 is 27.8 Å². The second kappa shape index (κ2) is 14.7. The van der Waals surface area contributed by atoms with Crippen LogP contribution < -0.4 is 27.8 Å². The van der Waals surface area contributed by atoms with E-state index in [4.69, 9.17) is 28.8 Å². The van der Waals surface area contributed by atoms with Crippen molar-refractivity contribution >= 4 is 35.2 Å². The molecule has 2 aromatic carbocycles. The predicted octanol–water partition coefficient (Wildman–Crippen LogP) is 0.630. The number of hydrogen-bond donors (Lipinski definition) is 5. The van der Waals surface area contributed by atoms with Gasteiger partial charge in [-0.1, -0.05) is 60.7 Å². The number of halogens is 1. The minimum atomic E-state index is -0.935. The van der Waals surface area contributed by atoms with Gasteiger partial charge in [-0.25, -0.2) is 0 Å². The first-order valence-corrected chi connectivity index (χ1v) is 11.9. The van der Waals surface area contributed by atoms with Gasteiger partial charge in [0, 0.05) is 13.0 Å². The zero-order valence-electron chi connectivity index (χ0n) is 19.5. The smallest absolute Gasteiger partial charge is 0.243 e. The number of aliphatic imine (C=N–C) groups is 1. The molecule has 2 aromatic rings. The normalized spacial score (nSPS) is 13.2. The third-order valence-electron chi connectivity index (χ3n) is 5.33. The van der Waals surface area contributed by atoms with Crippen molar-refractivity contribution in [3.8, 4) is 0 Å². The van der Waals surface area contributed by atoms with Crippen molar-refractivity contribution in [2.75, 3.05) is 12.4 Å². The summed E-state index contributed by atoms with van der Waals surface area (Å²) < 4.78 is 0. The minimum Gasteiger partial charge on any atom is -0.370 e. The van der Waals surface area contributed by atoms with E-state index >= 15 is 0 Å². The lowest BCUT2D eigenvalue weighted by Crippen LogP contribution is -2.55. The number of alkyl halides is 1. The number of amides is 2. The van der Waals surface area contributed by atoms with Crippen molar-refractivity contribution < 1.29 is 14.4 Å². The summed E-state index contributed by atoms with van der Waals surface area (Å²) in [5.74, 6) is -1.61. The summed E-state index contributed by atoms with van der Waals surface area (Å²) in [5, 5.41) is 5.49. The number of guanidine groups is 1. The molecule has 8 N–H and O–H groups in total. The molecule has 0 saturated heterocycles. The summed E-state index contributed by atoms with van der Waals surface area (Å²) in [7, 11) is 0. The topological polar surface area (TPSA) is 166 Å². The number of rotatable bonds is 14. The highest BCUT2D eigenvalue weighted by Crippen LogP contribution is 2.08. The Morgan fingerprint density at radius 1 is 0.829 bits per heavy atom. The fourth-order valence-electron chi connectivity index (χ4n) is 3.48. The van der Waals surface area contributed by atoms with Crippen LogP contribution in [0.1, 0.15) is 24.0 Å². The number of nitrogens with zero attached hydrogens (tertiary/aromatic N) is 1. The summed E-state index contributed by atoms with van der Waals surface area (Å²) in [4.78, 5) is 42.3. The molecule has 0 spiro atoms. The second-order valence-electron chi connectivity index (χ2n) is 8.16. The van der Waals surface area contributed by atoms with Crippen LogP contribution in [0.25, 0.3) is 0 Å². The zero-order chi connectivity index (χ0) is 25.6. The van der Waals surface area contributed by atoms with Gasteiger partial charge in [0.2, 0.25) is 11.8 Å². The summed E-state index contributed by atoms with van der Waals surface area (Å²) in [6.45, 7) is 0.308. The SMILES string of the molecule is NC(N)=NCCC[C@@H](NC(=O)[C@@H](Cc1ccccc1)NC(=O)[C@@H](N)Cc1ccccc1)C(=O)CCl. The molecule has 0 bridgehead atoms. The van der Waals surface area contributed by atoms with Crippen LogP contribution >= 0.6 is 11.6 Å². The summed E-state index contributed by atoms with van der Waals surface area (Å²) in [6, 6.07) is 16.0. The van der Waals surface area contributed by atoms with E-state index in [9.17, 15) is 14.4 Å². The van der Waals surface area contributed by atoms with Crippen molar-refractivity contribution in [1.29, 1.82) is 0 Å². The molecule has 2 amide bonds. The van der Waals surface area contributed by atoms with E-state index in [-0.39, 0.29) is 24.0 Å². The van der Waals surface area contributed by atoms with Gasteiger partial charge in [-0.3, -0.25) is 19.4 Å². The maximum atomic E-state index is 13.2. The number of benzene rings is 2. The number of ketones is 1. The molecular formula is C25H33ClN6O3. The Labute approximate surface area is 210 Å². The third-order valence-corrected chi connectivity index (χ3v) is 5.60. The minimum absolute atomic E-state index is 0.0493. The first kappa shape index (κ1) is 27.8. The average Bonchev–Trinajstić information content (AvgIpc) is 2.85. The number of hydrogen-bond acceptors (Lipinski definition) is 5. The number of nitrogens with two attached hydrogens (primary N) is 3. The number of carbonyl (C=O) groups excluding carboxylic acids is 3. The molecule has 0 unspecified atom stereocenters. The molecule has 0 fully saturated rings. The highest BCUT2D eigenvalue weighted by atomic mass is 35.5. The van der Waals surface area contributed by atoms with E-state index < -0.39 is 29.9 Å². The average molecular weight is 501 g/mol. The lowest BCUT2D eigenvalue weighted by atomic mass is 10.0. The Kier molecular flexibility index (Phi) is 11.7. The van der Waals surface area contributed by atoms with Gasteiger partial charge in [-0.2, -0.15) is 0 Å². The van der Waals surface area contributed by atoms with Crippen molar-refractivity contribution in [3.63, 3.8) is 0 Å². The van der Waals surface area contributed by atoms with Crippen LogP contribution in [-0.2, 0) is 27.2 Å². The van der Waals surface area contributed by atoms with E-state index in [0.717, 1.165) is 11.1 Å². The van der Waals surface area contributed by atoms with Crippen LogP contribution in [0.3, 0.4) is 0 Å². The fourth-order valence-corrected chi connectivity index (χ4v) is 3.67. The first-order valence-electron chi connectivity index (χ1n) is 11.4. The zero-order valence-corrected chi connectivity index (χ0v) is 20.3. The molecule has 0 heterocycles. The van der Waals surface area contributed by atoms with E-state index in [1.165, 1.54) is 0 Å². The molecule has 10 heteroatoms. The van der Waals surface area contributed by atoms with Gasteiger partial charge in [0.1, 0.15) is 6.04 Å². The fraction of sp³-hybridized carbons (Fsp3) is 0.360. The lowest BCUT2D eigenvalue weighted by Gasteiger charge is -2.24. The molecule has 0 aliphatic carbocycles. The van der Waals surface area contributed by atoms with Crippen LogP contribution in [0.5, 0.6) is 0 Å². The predicted molar refractivity (Wildman–Crippen MR) is 138 cm³/mol. The van der Waals surface area contributed by atoms with Crippen molar-refractivity contribution in [3.05, 3.63) is 71.8 Å². The van der Waals surface area contributed by atoms with E-state index in [1.807, 2.05) is 60.7 Å². The molecule has 9 nitrogen and oxygen atoms in total. The molecule has 0 aliphatic heterocycles. The molecule has 0 radical (unpaired) electrons. The monoisotopic (exact) mass is 500 g/mol. The van der Waals surface area contributed by atoms with Crippen molar-refractivity contribution in [1.82, 2.24) is 10.6 Å². The highest BCUT2D eigenvalue weighted by molar-refractivity contribution is 6.28. The lowest BCUT2D eigenvalue weighted by molar-refractivity contribution is -0.131. The Morgan fingerprint density at radius 3 is 1.91 bits per heavy atom. The van der Waals surface area contributed by atoms with Crippen LogP contribution in [0.2, 0.25) is 0 Å². The Hall–Kier alpha value is -3.43. The molecule has 0 aliphatic rings. The maximum Gasteiger partial charge on any atom is 0.243 e. The van der Waals surface area contributed by atoms with Gasteiger partial charge in [0.15, 0.2) is 11.7 Å².